The molecule has 19 heavy (non-hydrogen) atoms. The number of nitrogens with zero attached hydrogens (tertiary/aromatic N) is 1. The quantitative estimate of drug-likeness (QED) is 0.808. The van der Waals surface area contributed by atoms with Crippen molar-refractivity contribution in [3.8, 4) is 0 Å². The van der Waals surface area contributed by atoms with Crippen molar-refractivity contribution in [2.75, 3.05) is 0 Å². The van der Waals surface area contributed by atoms with Crippen molar-refractivity contribution in [1.82, 2.24) is 3.33 Å². The van der Waals surface area contributed by atoms with Crippen molar-refractivity contribution >= 4 is 32.1 Å². The summed E-state index contributed by atoms with van der Waals surface area (Å²) in [5.74, 6) is -0.635. The van der Waals surface area contributed by atoms with Gasteiger partial charge in [0.05, 0.1) is 21.0 Å². The highest BCUT2D eigenvalue weighted by molar-refractivity contribution is 9.09. The van der Waals surface area contributed by atoms with Crippen LogP contribution in [0, 0.1) is 0 Å². The highest BCUT2D eigenvalue weighted by Gasteiger charge is 2.27. The molecule has 2 rings (SSSR count). The van der Waals surface area contributed by atoms with E-state index >= 15 is 0 Å². The van der Waals surface area contributed by atoms with Gasteiger partial charge in [0.25, 0.3) is 15.9 Å². The number of hydrogen-bond donors (Lipinski definition) is 0. The molecule has 0 N–H and O–H groups in total. The van der Waals surface area contributed by atoms with Crippen LogP contribution in [0.1, 0.15) is 10.4 Å². The zero-order valence-electron chi connectivity index (χ0n) is 9.73. The van der Waals surface area contributed by atoms with Gasteiger partial charge in [-0.05, 0) is 24.3 Å². The molecule has 4 nitrogen and oxygen atoms in total. The molecule has 0 atom stereocenters. The van der Waals surface area contributed by atoms with E-state index in [1.54, 1.807) is 48.5 Å². The van der Waals surface area contributed by atoms with E-state index in [4.69, 9.17) is 0 Å². The second-order valence-electron chi connectivity index (χ2n) is 3.70. The standard InChI is InChI=1S/C13H10BrNO3S/c14-15(13(16)11-7-3-1-4-8-11)19(17,18)12-9-5-2-6-10-12/h1-10H. The molecule has 1 amide bonds. The molecular weight excluding hydrogens is 330 g/mol. The second-order valence-corrected chi connectivity index (χ2v) is 6.67. The number of amides is 1. The SMILES string of the molecule is O=C(c1ccccc1)N(Br)S(=O)(=O)c1ccccc1. The molecule has 2 aromatic carbocycles. The van der Waals surface area contributed by atoms with E-state index in [0.717, 1.165) is 0 Å². The summed E-state index contributed by atoms with van der Waals surface area (Å²) in [5.41, 5.74) is 0.291. The highest BCUT2D eigenvalue weighted by Crippen LogP contribution is 2.21. The Balaban J connectivity index is 2.35. The number of hydrogen-bond acceptors (Lipinski definition) is 3. The van der Waals surface area contributed by atoms with Crippen LogP contribution in [-0.2, 0) is 10.0 Å². The normalized spacial score (nSPS) is 11.0. The van der Waals surface area contributed by atoms with Crippen LogP contribution in [0.5, 0.6) is 0 Å². The third kappa shape index (κ3) is 2.85. The number of benzene rings is 2. The smallest absolute Gasteiger partial charge is 0.267 e. The summed E-state index contributed by atoms with van der Waals surface area (Å²) < 4.78 is 25.0. The highest BCUT2D eigenvalue weighted by atomic mass is 79.9. The van der Waals surface area contributed by atoms with Crippen LogP contribution in [0.3, 0.4) is 0 Å². The number of carbonyl (C=O) groups excluding carboxylic acids is 1. The second kappa shape index (κ2) is 5.54. The van der Waals surface area contributed by atoms with Crippen LogP contribution in [0.15, 0.2) is 65.6 Å². The molecule has 98 valence electrons. The molecule has 0 unspecified atom stereocenters. The Morgan fingerprint density at radius 3 is 1.89 bits per heavy atom. The maximum atomic E-state index is 12.2. The van der Waals surface area contributed by atoms with Crippen LogP contribution in [0.4, 0.5) is 0 Å². The van der Waals surface area contributed by atoms with Gasteiger partial charge >= 0.3 is 0 Å². The maximum Gasteiger partial charge on any atom is 0.278 e. The molecule has 0 bridgehead atoms. The van der Waals surface area contributed by atoms with Crippen LogP contribution in [0.25, 0.3) is 0 Å². The largest absolute Gasteiger partial charge is 0.278 e. The van der Waals surface area contributed by atoms with E-state index in [9.17, 15) is 13.2 Å². The fraction of sp³-hybridized carbons (Fsp3) is 0. The van der Waals surface area contributed by atoms with E-state index in [0.29, 0.717) is 8.89 Å². The summed E-state index contributed by atoms with van der Waals surface area (Å²) in [5, 5.41) is 0. The molecule has 0 aliphatic rings. The third-order valence-corrected chi connectivity index (χ3v) is 5.35. The van der Waals surface area contributed by atoms with Crippen molar-refractivity contribution in [1.29, 1.82) is 0 Å². The Bertz CT molecular complexity index is 672. The molecule has 6 heteroatoms. The van der Waals surface area contributed by atoms with E-state index in [2.05, 4.69) is 16.1 Å². The van der Waals surface area contributed by atoms with E-state index in [1.165, 1.54) is 12.1 Å². The summed E-state index contributed by atoms with van der Waals surface area (Å²) in [4.78, 5) is 12.1. The fourth-order valence-corrected chi connectivity index (χ4v) is 3.19. The fourth-order valence-electron chi connectivity index (χ4n) is 1.48. The average Bonchev–Trinajstić information content (AvgIpc) is 2.47. The third-order valence-electron chi connectivity index (χ3n) is 2.43. The molecule has 0 spiro atoms. The lowest BCUT2D eigenvalue weighted by atomic mass is 10.2. The predicted molar refractivity (Wildman–Crippen MR) is 75.2 cm³/mol. The molecule has 2 aromatic rings. The Kier molecular flexibility index (Phi) is 4.01. The number of carbonyl (C=O) groups is 1. The van der Waals surface area contributed by atoms with Crippen LogP contribution < -0.4 is 0 Å². The van der Waals surface area contributed by atoms with Gasteiger partial charge in [-0.15, -0.1) is 0 Å². The first kappa shape index (κ1) is 13.8. The first-order valence-corrected chi connectivity index (χ1v) is 7.54. The topological polar surface area (TPSA) is 54.5 Å². The lowest BCUT2D eigenvalue weighted by Gasteiger charge is -2.14. The van der Waals surface area contributed by atoms with Gasteiger partial charge in [-0.2, -0.15) is 3.33 Å². The molecule has 0 aromatic heterocycles. The first-order valence-electron chi connectivity index (χ1n) is 5.39. The summed E-state index contributed by atoms with van der Waals surface area (Å²) in [6.07, 6.45) is 0. The molecule has 0 aliphatic carbocycles. The molecule has 0 fully saturated rings. The molecule has 0 radical (unpaired) electrons. The van der Waals surface area contributed by atoms with Gasteiger partial charge in [0.15, 0.2) is 0 Å². The Morgan fingerprint density at radius 2 is 1.37 bits per heavy atom. The molecule has 0 aliphatic heterocycles. The van der Waals surface area contributed by atoms with Gasteiger partial charge < -0.3 is 0 Å². The number of sulfonamides is 1. The van der Waals surface area contributed by atoms with Gasteiger partial charge in [-0.1, -0.05) is 36.4 Å². The minimum absolute atomic E-state index is 0.0520. The van der Waals surface area contributed by atoms with Gasteiger partial charge in [-0.3, -0.25) is 4.79 Å². The predicted octanol–water partition coefficient (Wildman–Crippen LogP) is 2.83. The van der Waals surface area contributed by atoms with Crippen molar-refractivity contribution in [2.24, 2.45) is 0 Å². The van der Waals surface area contributed by atoms with E-state index in [-0.39, 0.29) is 4.90 Å². The molecule has 0 heterocycles. The lowest BCUT2D eigenvalue weighted by Crippen LogP contribution is -2.28. The average molecular weight is 340 g/mol. The molecule has 0 saturated carbocycles. The van der Waals surface area contributed by atoms with Crippen molar-refractivity contribution in [2.45, 2.75) is 4.90 Å². The monoisotopic (exact) mass is 339 g/mol. The van der Waals surface area contributed by atoms with E-state index < -0.39 is 15.9 Å². The molecular formula is C13H10BrNO3S. The number of rotatable bonds is 3. The minimum atomic E-state index is -3.89. The van der Waals surface area contributed by atoms with Crippen molar-refractivity contribution in [3.63, 3.8) is 0 Å². The Labute approximate surface area is 120 Å². The van der Waals surface area contributed by atoms with Crippen molar-refractivity contribution < 1.29 is 13.2 Å². The summed E-state index contributed by atoms with van der Waals surface area (Å²) >= 11 is 2.83. The van der Waals surface area contributed by atoms with Gasteiger partial charge in [0, 0.05) is 5.56 Å². The zero-order valence-corrected chi connectivity index (χ0v) is 12.1. The Morgan fingerprint density at radius 1 is 0.895 bits per heavy atom. The Hall–Kier alpha value is -1.66. The van der Waals surface area contributed by atoms with Crippen LogP contribution in [0.2, 0.25) is 0 Å². The van der Waals surface area contributed by atoms with Crippen LogP contribution >= 0.6 is 16.1 Å². The van der Waals surface area contributed by atoms with Crippen LogP contribution in [-0.4, -0.2) is 17.7 Å². The summed E-state index contributed by atoms with van der Waals surface area (Å²) in [7, 11) is -3.89. The van der Waals surface area contributed by atoms with Crippen molar-refractivity contribution in [3.05, 3.63) is 66.2 Å². The van der Waals surface area contributed by atoms with E-state index in [1.807, 2.05) is 0 Å². The van der Waals surface area contributed by atoms with Gasteiger partial charge in [-0.25, -0.2) is 8.42 Å². The van der Waals surface area contributed by atoms with Gasteiger partial charge in [0.2, 0.25) is 0 Å². The lowest BCUT2D eigenvalue weighted by molar-refractivity contribution is 0.0932. The first-order chi connectivity index (χ1) is 9.03. The summed E-state index contributed by atoms with van der Waals surface area (Å²) in [6.45, 7) is 0. The zero-order chi connectivity index (χ0) is 13.9. The maximum absolute atomic E-state index is 12.2. The summed E-state index contributed by atoms with van der Waals surface area (Å²) in [6, 6.07) is 16.0. The van der Waals surface area contributed by atoms with Gasteiger partial charge in [0.1, 0.15) is 0 Å². The molecule has 0 saturated heterocycles. The number of halogens is 1. The minimum Gasteiger partial charge on any atom is -0.267 e.